The highest BCUT2D eigenvalue weighted by atomic mass is 16.6. The molecule has 0 spiro atoms. The second kappa shape index (κ2) is 10.4. The Morgan fingerprint density at radius 1 is 0.731 bits per heavy atom. The summed E-state index contributed by atoms with van der Waals surface area (Å²) in [6, 6.07) is 14.3. The monoisotopic (exact) mass is 358 g/mol. The summed E-state index contributed by atoms with van der Waals surface area (Å²) in [5.41, 5.74) is 2.72. The Bertz CT molecular complexity index is 675. The lowest BCUT2D eigenvalue weighted by Gasteiger charge is -1.99. The summed E-state index contributed by atoms with van der Waals surface area (Å²) in [5, 5.41) is 9.11. The molecule has 0 aliphatic carbocycles. The van der Waals surface area contributed by atoms with Crippen LogP contribution in [-0.2, 0) is 9.47 Å². The quantitative estimate of drug-likeness (QED) is 0.684. The molecular formula is C21H26O5. The maximum absolute atomic E-state index is 11.1. The van der Waals surface area contributed by atoms with Crippen LogP contribution in [0, 0.1) is 0 Å². The Hall–Kier alpha value is -2.66. The largest absolute Gasteiger partial charge is 0.454 e. The van der Waals surface area contributed by atoms with Crippen LogP contribution in [0.25, 0.3) is 0 Å². The zero-order valence-corrected chi connectivity index (χ0v) is 15.9. The van der Waals surface area contributed by atoms with Crippen LogP contribution in [0.3, 0.4) is 0 Å². The topological polar surface area (TPSA) is 72.8 Å². The molecule has 0 amide bonds. The molecule has 5 heteroatoms. The fraction of sp³-hybridized carbons (Fsp3) is 0.333. The van der Waals surface area contributed by atoms with E-state index in [2.05, 4.69) is 4.74 Å². The molecule has 2 heterocycles. The van der Waals surface area contributed by atoms with E-state index < -0.39 is 12.3 Å². The van der Waals surface area contributed by atoms with Gasteiger partial charge in [-0.25, -0.2) is 9.59 Å². The van der Waals surface area contributed by atoms with Crippen LogP contribution in [0.5, 0.6) is 0 Å². The zero-order chi connectivity index (χ0) is 19.7. The lowest BCUT2D eigenvalue weighted by Crippen LogP contribution is -1.95. The van der Waals surface area contributed by atoms with Crippen molar-refractivity contribution in [2.45, 2.75) is 47.0 Å². The van der Waals surface area contributed by atoms with Crippen molar-refractivity contribution in [2.75, 3.05) is 0 Å². The maximum Gasteiger partial charge on any atom is 0.341 e. The van der Waals surface area contributed by atoms with Crippen LogP contribution < -0.4 is 0 Å². The summed E-state index contributed by atoms with van der Waals surface area (Å²) < 4.78 is 9.54. The summed E-state index contributed by atoms with van der Waals surface area (Å²) >= 11 is 0. The van der Waals surface area contributed by atoms with Gasteiger partial charge in [0, 0.05) is 11.1 Å². The minimum absolute atomic E-state index is 0.0706. The molecule has 2 aliphatic rings. The van der Waals surface area contributed by atoms with E-state index in [9.17, 15) is 9.59 Å². The van der Waals surface area contributed by atoms with Gasteiger partial charge in [0.05, 0.1) is 11.1 Å². The van der Waals surface area contributed by atoms with Crippen molar-refractivity contribution >= 4 is 11.9 Å². The number of carbonyl (C=O) groups is 2. The molecule has 140 valence electrons. The first-order valence-corrected chi connectivity index (χ1v) is 8.86. The number of aliphatic hydroxyl groups excluding tert-OH is 1. The molecule has 0 saturated carbocycles. The van der Waals surface area contributed by atoms with E-state index in [1.165, 1.54) is 0 Å². The van der Waals surface area contributed by atoms with Gasteiger partial charge < -0.3 is 14.6 Å². The Morgan fingerprint density at radius 2 is 1.15 bits per heavy atom. The van der Waals surface area contributed by atoms with Crippen molar-refractivity contribution < 1.29 is 24.2 Å². The molecule has 1 N–H and O–H groups in total. The molecule has 4 rings (SSSR count). The standard InChI is InChI=1S/C9H8O2.C8H6O3.2C2H6/c1-6-7-4-2-3-5-8(7)9(10)11-6;9-7-5-3-1-2-4-6(5)8(10)11-7;2*1-2/h2-6H,1H3;1-4,7,9H;2*1-2H3. The number of hydrogen-bond acceptors (Lipinski definition) is 5. The molecule has 2 aromatic rings. The Kier molecular flexibility index (Phi) is 8.52. The molecule has 0 saturated heterocycles. The molecule has 2 aromatic carbocycles. The second-order valence-corrected chi connectivity index (χ2v) is 4.98. The third-order valence-corrected chi connectivity index (χ3v) is 3.57. The van der Waals surface area contributed by atoms with Crippen LogP contribution in [0.4, 0.5) is 0 Å². The Balaban J connectivity index is 0.000000219. The molecule has 0 radical (unpaired) electrons. The first-order chi connectivity index (χ1) is 12.6. The van der Waals surface area contributed by atoms with Gasteiger partial charge >= 0.3 is 11.9 Å². The average Bonchev–Trinajstić information content (AvgIpc) is 3.15. The second-order valence-electron chi connectivity index (χ2n) is 4.98. The van der Waals surface area contributed by atoms with Crippen LogP contribution >= 0.6 is 0 Å². The van der Waals surface area contributed by atoms with Crippen molar-refractivity contribution in [3.05, 3.63) is 70.8 Å². The highest BCUT2D eigenvalue weighted by Gasteiger charge is 2.28. The summed E-state index contributed by atoms with van der Waals surface area (Å²) in [4.78, 5) is 21.9. The molecule has 5 nitrogen and oxygen atoms in total. The molecule has 26 heavy (non-hydrogen) atoms. The van der Waals surface area contributed by atoms with E-state index in [1.807, 2.05) is 52.8 Å². The van der Waals surface area contributed by atoms with E-state index in [4.69, 9.17) is 9.84 Å². The lowest BCUT2D eigenvalue weighted by molar-refractivity contribution is -0.0547. The predicted octanol–water partition coefficient (Wildman–Crippen LogP) is 4.82. The number of benzene rings is 2. The Morgan fingerprint density at radius 3 is 1.65 bits per heavy atom. The number of esters is 2. The SMILES string of the molecule is CC.CC.CC1OC(=O)c2ccccc21.O=C1OC(O)c2ccccc21. The first kappa shape index (κ1) is 21.4. The number of fused-ring (bicyclic) bond motifs is 2. The van der Waals surface area contributed by atoms with Crippen molar-refractivity contribution in [1.29, 1.82) is 0 Å². The number of cyclic esters (lactones) is 2. The van der Waals surface area contributed by atoms with E-state index >= 15 is 0 Å². The van der Waals surface area contributed by atoms with Crippen LogP contribution in [0.15, 0.2) is 48.5 Å². The summed E-state index contributed by atoms with van der Waals surface area (Å²) in [6.07, 6.45) is -1.14. The first-order valence-electron chi connectivity index (χ1n) is 8.86. The number of aliphatic hydroxyl groups is 1. The van der Waals surface area contributed by atoms with Crippen molar-refractivity contribution in [3.63, 3.8) is 0 Å². The van der Waals surface area contributed by atoms with Gasteiger partial charge in [-0.15, -0.1) is 0 Å². The number of ether oxygens (including phenoxy) is 2. The van der Waals surface area contributed by atoms with Gasteiger partial charge in [0.15, 0.2) is 0 Å². The average molecular weight is 358 g/mol. The number of carbonyl (C=O) groups excluding carboxylic acids is 2. The molecule has 2 atom stereocenters. The summed E-state index contributed by atoms with van der Waals surface area (Å²) in [5.74, 6) is -0.652. The van der Waals surface area contributed by atoms with E-state index in [-0.39, 0.29) is 12.1 Å². The van der Waals surface area contributed by atoms with Gasteiger partial charge in [-0.2, -0.15) is 0 Å². The van der Waals surface area contributed by atoms with Crippen LogP contribution in [0.2, 0.25) is 0 Å². The van der Waals surface area contributed by atoms with Crippen LogP contribution in [-0.4, -0.2) is 17.0 Å². The third kappa shape index (κ3) is 4.70. The van der Waals surface area contributed by atoms with Gasteiger partial charge in [0.1, 0.15) is 6.10 Å². The molecule has 2 aliphatic heterocycles. The van der Waals surface area contributed by atoms with E-state index in [1.54, 1.807) is 30.3 Å². The van der Waals surface area contributed by atoms with Gasteiger partial charge in [-0.3, -0.25) is 0 Å². The molecule has 2 unspecified atom stereocenters. The third-order valence-electron chi connectivity index (χ3n) is 3.57. The summed E-state index contributed by atoms with van der Waals surface area (Å²) in [7, 11) is 0. The maximum atomic E-state index is 11.1. The molecule has 0 fully saturated rings. The van der Waals surface area contributed by atoms with Gasteiger partial charge in [0.25, 0.3) is 0 Å². The minimum atomic E-state index is -1.07. The van der Waals surface area contributed by atoms with E-state index in [0.717, 1.165) is 5.56 Å². The highest BCUT2D eigenvalue weighted by molar-refractivity contribution is 5.94. The Labute approximate surface area is 154 Å². The molecule has 0 bridgehead atoms. The van der Waals surface area contributed by atoms with Crippen LogP contribution in [0.1, 0.15) is 78.9 Å². The molecule has 0 aromatic heterocycles. The fourth-order valence-corrected chi connectivity index (χ4v) is 2.45. The van der Waals surface area contributed by atoms with Crippen molar-refractivity contribution in [2.24, 2.45) is 0 Å². The smallest absolute Gasteiger partial charge is 0.341 e. The van der Waals surface area contributed by atoms with Crippen molar-refractivity contribution in [1.82, 2.24) is 0 Å². The van der Waals surface area contributed by atoms with Gasteiger partial charge in [-0.05, 0) is 19.1 Å². The lowest BCUT2D eigenvalue weighted by atomic mass is 10.1. The van der Waals surface area contributed by atoms with Crippen molar-refractivity contribution in [3.8, 4) is 0 Å². The highest BCUT2D eigenvalue weighted by Crippen LogP contribution is 2.29. The normalized spacial score (nSPS) is 18.4. The van der Waals surface area contributed by atoms with Gasteiger partial charge in [0.2, 0.25) is 6.29 Å². The zero-order valence-electron chi connectivity index (χ0n) is 15.9. The minimum Gasteiger partial charge on any atom is -0.454 e. The fourth-order valence-electron chi connectivity index (χ4n) is 2.45. The van der Waals surface area contributed by atoms with E-state index in [0.29, 0.717) is 16.7 Å². The number of hydrogen-bond donors (Lipinski definition) is 1. The summed E-state index contributed by atoms with van der Waals surface area (Å²) in [6.45, 7) is 9.88. The predicted molar refractivity (Wildman–Crippen MR) is 99.8 cm³/mol. The van der Waals surface area contributed by atoms with Gasteiger partial charge in [-0.1, -0.05) is 64.1 Å². The number of rotatable bonds is 0. The molecular weight excluding hydrogens is 332 g/mol.